The third-order valence-corrected chi connectivity index (χ3v) is 13.7. The zero-order valence-electron chi connectivity index (χ0n) is 34.0. The smallest absolute Gasteiger partial charge is 0.371 e. The van der Waals surface area contributed by atoms with Crippen molar-refractivity contribution in [3.05, 3.63) is 11.8 Å². The molecule has 0 saturated carbocycles. The van der Waals surface area contributed by atoms with Gasteiger partial charge in [-0.3, -0.25) is 27.3 Å². The van der Waals surface area contributed by atoms with Crippen molar-refractivity contribution in [1.29, 1.82) is 0 Å². The molecule has 43 heteroatoms. The molecule has 3 fully saturated rings. The molecule has 69 heavy (non-hydrogen) atoms. The zero-order chi connectivity index (χ0) is 52.7. The van der Waals surface area contributed by atoms with Crippen LogP contribution in [0.2, 0.25) is 0 Å². The van der Waals surface area contributed by atoms with E-state index >= 15 is 0 Å². The van der Waals surface area contributed by atoms with Crippen LogP contribution < -0.4 is 18.9 Å². The van der Waals surface area contributed by atoms with Gasteiger partial charge in [0.15, 0.2) is 12.4 Å². The average Bonchev–Trinajstić information content (AvgIpc) is 3.13. The number of carboxylic acid groups (broad SMARTS) is 2. The van der Waals surface area contributed by atoms with Crippen LogP contribution in [0.4, 0.5) is 0 Å². The molecular weight excluding hydrogens is 1090 g/mol. The number of hydrogen-bond donors (Lipinski definition) is 16. The Balaban J connectivity index is 1.74. The van der Waals surface area contributed by atoms with E-state index in [0.717, 1.165) is 6.92 Å². The Bertz CT molecular complexity index is 2600. The lowest BCUT2D eigenvalue weighted by Gasteiger charge is -2.48. The summed E-state index contributed by atoms with van der Waals surface area (Å²) in [7, 11) is -32.4. The summed E-state index contributed by atoms with van der Waals surface area (Å²) in [6.07, 6.45) is -33.8. The number of rotatable bonds is 21. The minimum absolute atomic E-state index is 0.373. The molecule has 0 radical (unpaired) electrons. The van der Waals surface area contributed by atoms with E-state index < -0.39 is 207 Å². The Morgan fingerprint density at radius 2 is 0.986 bits per heavy atom. The number of ether oxygens (including phenoxy) is 7. The summed E-state index contributed by atoms with van der Waals surface area (Å²) >= 11 is 0. The van der Waals surface area contributed by atoms with Crippen molar-refractivity contribution < 1.29 is 151 Å². The number of carbonyl (C=O) groups is 2. The van der Waals surface area contributed by atoms with Crippen LogP contribution in [0.15, 0.2) is 11.8 Å². The second kappa shape index (κ2) is 21.8. The fourth-order valence-electron chi connectivity index (χ4n) is 7.34. The predicted molar refractivity (Wildman–Crippen MR) is 210 cm³/mol. The van der Waals surface area contributed by atoms with Gasteiger partial charge in [-0.2, -0.15) is 69.4 Å². The SMILES string of the molecule is C[C@@H]1OC(CS(=O)(=O)O)[C@@H](O[C@@H]2OC(C(=O)O)[C@@H](OC[C@H]3OC(CS(=O)(=O)O)[C@@H](O[C@@H]4OC(C(=O)O)=C[C@@H](O)C4NS(=O)(=O)O)[C@@H](O)C3NS(=O)(=O)O)[C@@H](O)C2NS(=O)(=O)O)[C@@H](O)C1NS(=O)(=O)O. The van der Waals surface area contributed by atoms with Gasteiger partial charge in [0.05, 0.1) is 30.9 Å². The molecule has 4 heterocycles. The van der Waals surface area contributed by atoms with Crippen molar-refractivity contribution in [3.63, 3.8) is 0 Å². The molecule has 0 bridgehead atoms. The third-order valence-electron chi connectivity index (χ3n) is 9.97. The quantitative estimate of drug-likeness (QED) is 0.0475. The number of aliphatic hydroxyl groups is 4. The molecule has 0 spiro atoms. The number of nitrogens with one attached hydrogen (secondary N) is 4. The minimum Gasteiger partial charge on any atom is -0.479 e. The number of hydrogen-bond acceptors (Lipinski definition) is 25. The van der Waals surface area contributed by atoms with Gasteiger partial charge in [0.25, 0.3) is 20.2 Å². The van der Waals surface area contributed by atoms with Crippen LogP contribution in [0, 0.1) is 0 Å². The Morgan fingerprint density at radius 1 is 0.565 bits per heavy atom. The maximum atomic E-state index is 12.6. The van der Waals surface area contributed by atoms with E-state index in [1.165, 1.54) is 18.9 Å². The summed E-state index contributed by atoms with van der Waals surface area (Å²) in [6.45, 7) is -0.470. The van der Waals surface area contributed by atoms with E-state index in [1.807, 2.05) is 0 Å². The van der Waals surface area contributed by atoms with Crippen molar-refractivity contribution >= 4 is 73.4 Å². The number of aliphatic carboxylic acids is 2. The third kappa shape index (κ3) is 17.0. The molecule has 0 aromatic carbocycles. The van der Waals surface area contributed by atoms with Crippen LogP contribution in [-0.2, 0) is 104 Å². The standard InChI is InChI=1S/C26H44N4O33S6/c1-6-12(27-66(45,46)47)16(32)19(10(58-6)4-64(39,40)41)62-26-15(30-69(54,55)56)18(34)21(22(63-26)24(37)38)57-3-9-14(29-68(51,52)53)17(33)20(11(59-9)5-65(42,43)44)61-25-13(28-67(48,49)50)7(31)2-8(60-25)23(35)36/h2,6-7,9-22,25-34H,3-5H2,1H3,(H,35,36)(H,37,38)(H,39,40,41)(H,42,43,44)(H,45,46,47)(H,48,49,50)(H,51,52,53)(H,54,55,56)/t6-,7+,9+,10?,11?,12?,13?,14?,15?,16-,17-,18-,19+,20+,21-,22?,25-,26+/m0/s1. The topological polar surface area (TPSA) is 594 Å². The number of aliphatic hydroxyl groups excluding tert-OH is 4. The summed E-state index contributed by atoms with van der Waals surface area (Å²) in [4.78, 5) is 24.3. The molecule has 4 aliphatic heterocycles. The van der Waals surface area contributed by atoms with Crippen molar-refractivity contribution in [1.82, 2.24) is 18.9 Å². The second-order valence-corrected chi connectivity index (χ2v) is 22.8. The first-order valence-electron chi connectivity index (χ1n) is 18.5. The van der Waals surface area contributed by atoms with E-state index in [2.05, 4.69) is 0 Å². The maximum Gasteiger partial charge on any atom is 0.371 e. The Hall–Kier alpha value is -2.62. The van der Waals surface area contributed by atoms with Gasteiger partial charge in [-0.05, 0) is 13.0 Å². The van der Waals surface area contributed by atoms with Gasteiger partial charge in [0.1, 0.15) is 78.5 Å². The first-order chi connectivity index (χ1) is 31.1. The Labute approximate surface area is 389 Å². The van der Waals surface area contributed by atoms with Gasteiger partial charge >= 0.3 is 53.2 Å². The van der Waals surface area contributed by atoms with Crippen molar-refractivity contribution in [2.75, 3.05) is 18.1 Å². The summed E-state index contributed by atoms with van der Waals surface area (Å²) in [5, 5.41) is 64.1. The molecule has 7 unspecified atom stereocenters. The molecular formula is C26H44N4O33S6. The minimum atomic E-state index is -5.63. The Morgan fingerprint density at radius 3 is 1.45 bits per heavy atom. The van der Waals surface area contributed by atoms with E-state index in [4.69, 9.17) is 33.2 Å². The fourth-order valence-corrected chi connectivity index (χ4v) is 11.2. The molecule has 0 aliphatic carbocycles. The molecule has 4 aliphatic rings. The first-order valence-corrected chi connectivity index (χ1v) is 27.5. The molecule has 37 nitrogen and oxygen atoms in total. The lowest BCUT2D eigenvalue weighted by Crippen LogP contribution is -2.70. The van der Waals surface area contributed by atoms with Gasteiger partial charge in [-0.15, -0.1) is 0 Å². The zero-order valence-corrected chi connectivity index (χ0v) is 38.9. The number of carboxylic acids is 2. The average molecular weight is 1130 g/mol. The largest absolute Gasteiger partial charge is 0.479 e. The van der Waals surface area contributed by atoms with E-state index in [1.54, 1.807) is 0 Å². The molecule has 0 aromatic heterocycles. The fraction of sp³-hybridized carbons (Fsp3) is 0.846. The second-order valence-electron chi connectivity index (χ2n) is 15.1. The van der Waals surface area contributed by atoms with Crippen LogP contribution in [0.3, 0.4) is 0 Å². The van der Waals surface area contributed by atoms with Crippen LogP contribution in [0.25, 0.3) is 0 Å². The Kier molecular flexibility index (Phi) is 18.7. The molecule has 0 amide bonds. The van der Waals surface area contributed by atoms with Gasteiger partial charge in [-0.25, -0.2) is 9.59 Å². The van der Waals surface area contributed by atoms with E-state index in [0.29, 0.717) is 6.08 Å². The lowest BCUT2D eigenvalue weighted by atomic mass is 9.92. The molecule has 18 atom stereocenters. The van der Waals surface area contributed by atoms with Crippen LogP contribution >= 0.6 is 0 Å². The normalized spacial score (nSPS) is 37.6. The monoisotopic (exact) mass is 1130 g/mol. The molecule has 402 valence electrons. The van der Waals surface area contributed by atoms with E-state index in [-0.39, 0.29) is 0 Å². The van der Waals surface area contributed by atoms with Crippen LogP contribution in [-0.4, -0.2) is 249 Å². The van der Waals surface area contributed by atoms with Gasteiger partial charge in [-0.1, -0.05) is 0 Å². The summed E-state index contributed by atoms with van der Waals surface area (Å²) in [5.41, 5.74) is 0. The summed E-state index contributed by atoms with van der Waals surface area (Å²) in [5.74, 6) is -8.60. The van der Waals surface area contributed by atoms with Crippen LogP contribution in [0.1, 0.15) is 6.92 Å². The predicted octanol–water partition coefficient (Wildman–Crippen LogP) is -9.91. The lowest BCUT2D eigenvalue weighted by molar-refractivity contribution is -0.310. The highest BCUT2D eigenvalue weighted by atomic mass is 32.3. The van der Waals surface area contributed by atoms with Gasteiger partial charge in [0, 0.05) is 0 Å². The van der Waals surface area contributed by atoms with Gasteiger partial charge < -0.3 is 63.8 Å². The molecule has 3 saturated heterocycles. The highest BCUT2D eigenvalue weighted by Gasteiger charge is 2.56. The van der Waals surface area contributed by atoms with Crippen LogP contribution in [0.5, 0.6) is 0 Å². The summed E-state index contributed by atoms with van der Waals surface area (Å²) < 4.78 is 244. The van der Waals surface area contributed by atoms with Gasteiger partial charge in [0.2, 0.25) is 12.0 Å². The van der Waals surface area contributed by atoms with Crippen molar-refractivity contribution in [2.24, 2.45) is 0 Å². The first kappa shape index (κ1) is 58.9. The maximum absolute atomic E-state index is 12.6. The summed E-state index contributed by atoms with van der Waals surface area (Å²) in [6, 6.07) is -9.39. The van der Waals surface area contributed by atoms with E-state index in [9.17, 15) is 118 Å². The van der Waals surface area contributed by atoms with Crippen molar-refractivity contribution in [2.45, 2.75) is 117 Å². The molecule has 0 aromatic rings. The highest BCUT2D eigenvalue weighted by molar-refractivity contribution is 7.86. The van der Waals surface area contributed by atoms with Crippen molar-refractivity contribution in [3.8, 4) is 0 Å². The molecule has 16 N–H and O–H groups in total. The highest BCUT2D eigenvalue weighted by Crippen LogP contribution is 2.34. The molecule has 4 rings (SSSR count).